The van der Waals surface area contributed by atoms with Crippen molar-refractivity contribution in [2.45, 2.75) is 0 Å². The van der Waals surface area contributed by atoms with Gasteiger partial charge in [0, 0.05) is 8.95 Å². The van der Waals surface area contributed by atoms with Crippen LogP contribution in [0.15, 0.2) is 21.1 Å². The zero-order valence-electron chi connectivity index (χ0n) is 3.91. The Hall–Kier alpha value is 0.180. The Labute approximate surface area is 65.2 Å². The molecule has 0 nitrogen and oxygen atoms in total. The van der Waals surface area contributed by atoms with E-state index in [0.717, 1.165) is 8.95 Å². The van der Waals surface area contributed by atoms with Gasteiger partial charge in [0.1, 0.15) is 0 Å². The van der Waals surface area contributed by atoms with Crippen molar-refractivity contribution in [3.05, 3.63) is 33.2 Å². The fourth-order valence-electron chi connectivity index (χ4n) is 0.348. The first-order valence-corrected chi connectivity index (χ1v) is 3.62. The zero-order chi connectivity index (χ0) is 5.98. The zero-order valence-corrected chi connectivity index (χ0v) is 7.08. The van der Waals surface area contributed by atoms with Crippen molar-refractivity contribution in [2.75, 3.05) is 0 Å². The molecule has 0 heterocycles. The fourth-order valence-corrected chi connectivity index (χ4v) is 0.806. The van der Waals surface area contributed by atoms with Gasteiger partial charge in [-0.2, -0.15) is 0 Å². The second kappa shape index (κ2) is 2.65. The van der Waals surface area contributed by atoms with Gasteiger partial charge in [0.15, 0.2) is 0 Å². The molecule has 0 saturated heterocycles. The van der Waals surface area contributed by atoms with Gasteiger partial charge in [0.05, 0.1) is 0 Å². The molecule has 0 aliphatic carbocycles. The molecule has 0 aromatic heterocycles. The van der Waals surface area contributed by atoms with E-state index in [9.17, 15) is 0 Å². The molecule has 0 N–H and O–H groups in total. The molecule has 2 radical (unpaired) electrons. The summed E-state index contributed by atoms with van der Waals surface area (Å²) in [5, 5.41) is 0. The maximum absolute atomic E-state index is 3.30. The first-order valence-electron chi connectivity index (χ1n) is 2.03. The highest BCUT2D eigenvalue weighted by molar-refractivity contribution is 9.13. The van der Waals surface area contributed by atoms with Crippen molar-refractivity contribution >= 4 is 31.9 Å². The average Bonchev–Trinajstić information content (AvgIpc) is 1.77. The average molecular weight is 234 g/mol. The maximum Gasteiger partial charge on any atom is 0.0324 e. The number of halogens is 2. The summed E-state index contributed by atoms with van der Waals surface area (Å²) >= 11 is 6.59. The number of hydrogen-bond acceptors (Lipinski definition) is 0. The smallest absolute Gasteiger partial charge is 0.0324 e. The Morgan fingerprint density at radius 2 is 1.38 bits per heavy atom. The highest BCUT2D eigenvalue weighted by Gasteiger charge is 1.88. The Morgan fingerprint density at radius 3 is 1.62 bits per heavy atom. The van der Waals surface area contributed by atoms with Crippen LogP contribution in [0.25, 0.3) is 0 Å². The molecule has 0 spiro atoms. The lowest BCUT2D eigenvalue weighted by Crippen LogP contribution is -1.64. The normalized spacial score (nSPS) is 9.25. The van der Waals surface area contributed by atoms with Crippen molar-refractivity contribution in [1.82, 2.24) is 0 Å². The summed E-state index contributed by atoms with van der Waals surface area (Å²) in [6.07, 6.45) is 0. The van der Waals surface area contributed by atoms with E-state index in [4.69, 9.17) is 0 Å². The summed E-state index contributed by atoms with van der Waals surface area (Å²) in [5.41, 5.74) is 0. The first-order chi connectivity index (χ1) is 3.80. The highest BCUT2D eigenvalue weighted by atomic mass is 79.9. The summed E-state index contributed by atoms with van der Waals surface area (Å²) < 4.78 is 2.02. The van der Waals surface area contributed by atoms with E-state index in [1.54, 1.807) is 0 Å². The van der Waals surface area contributed by atoms with Gasteiger partial charge in [-0.3, -0.25) is 0 Å². The molecule has 8 heavy (non-hydrogen) atoms. The van der Waals surface area contributed by atoms with Crippen LogP contribution < -0.4 is 0 Å². The minimum Gasteiger partial charge on any atom is -0.0496 e. The van der Waals surface area contributed by atoms with Gasteiger partial charge in [-0.1, -0.05) is 0 Å². The van der Waals surface area contributed by atoms with Crippen LogP contribution in [0.2, 0.25) is 0 Å². The minimum atomic E-state index is 1.01. The molecule has 0 unspecified atom stereocenters. The fraction of sp³-hybridized carbons (Fsp3) is 0. The van der Waals surface area contributed by atoms with Crippen molar-refractivity contribution in [1.29, 1.82) is 0 Å². The lowest BCUT2D eigenvalue weighted by atomic mass is 10.4. The van der Waals surface area contributed by atoms with Gasteiger partial charge in [0.25, 0.3) is 0 Å². The summed E-state index contributed by atoms with van der Waals surface area (Å²) in [5.74, 6) is 0. The number of benzene rings is 1. The highest BCUT2D eigenvalue weighted by Crippen LogP contribution is 2.20. The van der Waals surface area contributed by atoms with Crippen molar-refractivity contribution < 1.29 is 0 Å². The van der Waals surface area contributed by atoms with Crippen LogP contribution in [0.1, 0.15) is 0 Å². The van der Waals surface area contributed by atoms with Gasteiger partial charge in [-0.15, -0.1) is 0 Å². The van der Waals surface area contributed by atoms with E-state index in [0.29, 0.717) is 0 Å². The number of hydrogen-bond donors (Lipinski definition) is 0. The first kappa shape index (κ1) is 6.30. The molecule has 40 valence electrons. The third kappa shape index (κ3) is 1.33. The largest absolute Gasteiger partial charge is 0.0496 e. The molecule has 0 aliphatic rings. The van der Waals surface area contributed by atoms with E-state index >= 15 is 0 Å². The maximum atomic E-state index is 3.30. The SMILES string of the molecule is Brc1c[c][c]cc1Br. The van der Waals surface area contributed by atoms with Crippen LogP contribution in [-0.4, -0.2) is 0 Å². The van der Waals surface area contributed by atoms with Gasteiger partial charge < -0.3 is 0 Å². The second-order valence-electron chi connectivity index (χ2n) is 1.27. The Bertz CT molecular complexity index is 163. The molecular formula is C6H2Br2. The minimum absolute atomic E-state index is 1.01. The van der Waals surface area contributed by atoms with Crippen LogP contribution in [0.3, 0.4) is 0 Å². The van der Waals surface area contributed by atoms with Crippen molar-refractivity contribution in [3.63, 3.8) is 0 Å². The van der Waals surface area contributed by atoms with Gasteiger partial charge in [0.2, 0.25) is 0 Å². The lowest BCUT2D eigenvalue weighted by molar-refractivity contribution is 1.57. The van der Waals surface area contributed by atoms with Gasteiger partial charge >= 0.3 is 0 Å². The van der Waals surface area contributed by atoms with Crippen LogP contribution in [-0.2, 0) is 0 Å². The van der Waals surface area contributed by atoms with Crippen molar-refractivity contribution in [2.24, 2.45) is 0 Å². The molecule has 0 aliphatic heterocycles. The molecule has 0 bridgehead atoms. The standard InChI is InChI=1S/C6H2Br2/c7-5-3-1-2-4-6(5)8/h3-4H. The van der Waals surface area contributed by atoms with Crippen LogP contribution in [0.5, 0.6) is 0 Å². The summed E-state index contributed by atoms with van der Waals surface area (Å²) in [6, 6.07) is 9.22. The lowest BCUT2D eigenvalue weighted by Gasteiger charge is -1.88. The predicted octanol–water partition coefficient (Wildman–Crippen LogP) is 2.81. The molecule has 0 fully saturated rings. The van der Waals surface area contributed by atoms with Crippen LogP contribution >= 0.6 is 31.9 Å². The van der Waals surface area contributed by atoms with E-state index in [-0.39, 0.29) is 0 Å². The number of rotatable bonds is 0. The molecule has 1 aromatic rings. The Balaban J connectivity index is 3.13. The third-order valence-electron chi connectivity index (χ3n) is 0.709. The Morgan fingerprint density at radius 1 is 1.00 bits per heavy atom. The third-order valence-corrected chi connectivity index (χ3v) is 2.55. The summed E-state index contributed by atoms with van der Waals surface area (Å²) in [6.45, 7) is 0. The van der Waals surface area contributed by atoms with E-state index < -0.39 is 0 Å². The monoisotopic (exact) mass is 232 g/mol. The molecular weight excluding hydrogens is 232 g/mol. The quantitative estimate of drug-likeness (QED) is 0.647. The topological polar surface area (TPSA) is 0 Å². The Kier molecular flexibility index (Phi) is 2.08. The molecule has 0 atom stereocenters. The second-order valence-corrected chi connectivity index (χ2v) is 2.98. The van der Waals surface area contributed by atoms with E-state index in [1.165, 1.54) is 0 Å². The van der Waals surface area contributed by atoms with Gasteiger partial charge in [-0.25, -0.2) is 0 Å². The molecule has 2 heteroatoms. The summed E-state index contributed by atoms with van der Waals surface area (Å²) in [4.78, 5) is 0. The van der Waals surface area contributed by atoms with Crippen LogP contribution in [0, 0.1) is 12.1 Å². The van der Waals surface area contributed by atoms with E-state index in [2.05, 4.69) is 44.0 Å². The molecule has 1 aromatic carbocycles. The molecule has 0 saturated carbocycles. The molecule has 1 rings (SSSR count). The van der Waals surface area contributed by atoms with Crippen LogP contribution in [0.4, 0.5) is 0 Å². The molecule has 0 amide bonds. The predicted molar refractivity (Wildman–Crippen MR) is 39.5 cm³/mol. The van der Waals surface area contributed by atoms with Gasteiger partial charge in [-0.05, 0) is 56.1 Å². The summed E-state index contributed by atoms with van der Waals surface area (Å²) in [7, 11) is 0. The van der Waals surface area contributed by atoms with Crippen molar-refractivity contribution in [3.8, 4) is 0 Å². The van der Waals surface area contributed by atoms with E-state index in [1.807, 2.05) is 12.1 Å².